The van der Waals surface area contributed by atoms with Crippen molar-refractivity contribution in [3.8, 4) is 11.5 Å². The van der Waals surface area contributed by atoms with Gasteiger partial charge < -0.3 is 20.1 Å². The van der Waals surface area contributed by atoms with Crippen LogP contribution in [0.25, 0.3) is 0 Å². The van der Waals surface area contributed by atoms with Gasteiger partial charge in [-0.15, -0.1) is 0 Å². The van der Waals surface area contributed by atoms with Crippen LogP contribution in [0.3, 0.4) is 0 Å². The third-order valence-electron chi connectivity index (χ3n) is 4.15. The molecule has 2 aliphatic rings. The Balaban J connectivity index is 1.66. The second-order valence-electron chi connectivity index (χ2n) is 5.98. The minimum atomic E-state index is -1.76. The molecule has 2 aromatic rings. The Morgan fingerprint density at radius 2 is 1.89 bits per heavy atom. The number of halogens is 3. The Labute approximate surface area is 158 Å². The second-order valence-corrected chi connectivity index (χ2v) is 6.38. The molecule has 27 heavy (non-hydrogen) atoms. The zero-order valence-electron chi connectivity index (χ0n) is 13.9. The van der Waals surface area contributed by atoms with Crippen molar-refractivity contribution in [2.75, 3.05) is 18.5 Å². The summed E-state index contributed by atoms with van der Waals surface area (Å²) in [6, 6.07) is 8.96. The summed E-state index contributed by atoms with van der Waals surface area (Å²) in [5.74, 6) is -0.00498. The molecule has 2 aliphatic heterocycles. The van der Waals surface area contributed by atoms with E-state index in [4.69, 9.17) is 26.8 Å². The number of hydrogen-bond donors (Lipinski definition) is 3. The highest BCUT2D eigenvalue weighted by Gasteiger charge is 2.36. The molecule has 0 saturated heterocycles. The van der Waals surface area contributed by atoms with E-state index in [-0.39, 0.29) is 11.0 Å². The average Bonchev–Trinajstić information content (AvgIpc) is 2.67. The van der Waals surface area contributed by atoms with Gasteiger partial charge in [0, 0.05) is 17.5 Å². The number of rotatable bonds is 2. The lowest BCUT2D eigenvalue weighted by Crippen LogP contribution is -2.44. The molecule has 0 radical (unpaired) electrons. The van der Waals surface area contributed by atoms with Gasteiger partial charge in [-0.1, -0.05) is 17.7 Å². The van der Waals surface area contributed by atoms with E-state index in [1.807, 2.05) is 0 Å². The van der Waals surface area contributed by atoms with Gasteiger partial charge in [0.2, 0.25) is 5.96 Å². The van der Waals surface area contributed by atoms with Crippen LogP contribution in [0.5, 0.6) is 11.5 Å². The lowest BCUT2D eigenvalue weighted by molar-refractivity contribution is 0.171. The molecular weight excluding hydrogens is 378 g/mol. The van der Waals surface area contributed by atoms with Gasteiger partial charge in [-0.25, -0.2) is 13.8 Å². The third kappa shape index (κ3) is 3.29. The van der Waals surface area contributed by atoms with E-state index >= 15 is 0 Å². The van der Waals surface area contributed by atoms with Crippen molar-refractivity contribution < 1.29 is 18.3 Å². The van der Waals surface area contributed by atoms with Crippen LogP contribution in [0, 0.1) is 5.82 Å². The molecule has 0 saturated carbocycles. The highest BCUT2D eigenvalue weighted by molar-refractivity contribution is 6.31. The van der Waals surface area contributed by atoms with E-state index < -0.39 is 17.3 Å². The molecule has 0 spiro atoms. The maximum atomic E-state index is 14.6. The Kier molecular flexibility index (Phi) is 4.37. The fourth-order valence-corrected chi connectivity index (χ4v) is 2.94. The maximum Gasteiger partial charge on any atom is 0.202 e. The van der Waals surface area contributed by atoms with Crippen LogP contribution in [-0.4, -0.2) is 19.2 Å². The molecule has 0 fully saturated rings. The van der Waals surface area contributed by atoms with Crippen LogP contribution in [0.2, 0.25) is 5.02 Å². The van der Waals surface area contributed by atoms with Crippen molar-refractivity contribution in [3.05, 3.63) is 64.8 Å². The van der Waals surface area contributed by atoms with Gasteiger partial charge in [0.05, 0.1) is 5.02 Å². The average molecular weight is 393 g/mol. The van der Waals surface area contributed by atoms with Gasteiger partial charge in [0.15, 0.2) is 23.0 Å². The monoisotopic (exact) mass is 392 g/mol. The number of benzene rings is 2. The van der Waals surface area contributed by atoms with Gasteiger partial charge in [0.1, 0.15) is 19.0 Å². The van der Waals surface area contributed by atoms with Crippen molar-refractivity contribution in [2.24, 2.45) is 10.7 Å². The van der Waals surface area contributed by atoms with Crippen LogP contribution in [0.1, 0.15) is 5.56 Å². The van der Waals surface area contributed by atoms with Gasteiger partial charge in [-0.3, -0.25) is 5.73 Å². The fraction of sp³-hybridized carbons (Fsp3) is 0.167. The largest absolute Gasteiger partial charge is 0.486 e. The summed E-state index contributed by atoms with van der Waals surface area (Å²) in [5, 5.41) is 5.51. The smallest absolute Gasteiger partial charge is 0.202 e. The Morgan fingerprint density at radius 1 is 1.11 bits per heavy atom. The van der Waals surface area contributed by atoms with Gasteiger partial charge >= 0.3 is 0 Å². The maximum absolute atomic E-state index is 14.6. The number of aliphatic imine (C=N–C) groups is 1. The molecule has 0 amide bonds. The molecule has 4 rings (SSSR count). The molecule has 0 aromatic heterocycles. The first kappa shape index (κ1) is 17.6. The number of ether oxygens (including phenoxy) is 2. The standard InChI is InChI=1S/C18H15ClF2N4O2/c19-12-8-11(2-3-13(12)20)24-17-23-9-16(21)18(22,25-17)10-1-4-14-15(7-10)27-6-5-26-14/h1-4,7-9H,5-6,22H2,(H2,23,24,25). The zero-order chi connectivity index (χ0) is 19.0. The normalized spacial score (nSPS) is 21.0. The van der Waals surface area contributed by atoms with E-state index in [2.05, 4.69) is 15.6 Å². The minimum absolute atomic E-state index is 0.0519. The predicted molar refractivity (Wildman–Crippen MR) is 98.1 cm³/mol. The van der Waals surface area contributed by atoms with E-state index in [0.29, 0.717) is 36.0 Å². The Hall–Kier alpha value is -2.84. The van der Waals surface area contributed by atoms with Crippen molar-refractivity contribution in [3.63, 3.8) is 0 Å². The van der Waals surface area contributed by atoms with Crippen molar-refractivity contribution in [1.82, 2.24) is 5.32 Å². The molecule has 6 nitrogen and oxygen atoms in total. The summed E-state index contributed by atoms with van der Waals surface area (Å²) in [4.78, 5) is 4.26. The van der Waals surface area contributed by atoms with Crippen LogP contribution < -0.4 is 25.8 Å². The summed E-state index contributed by atoms with van der Waals surface area (Å²) in [7, 11) is 0. The van der Waals surface area contributed by atoms with Crippen LogP contribution in [-0.2, 0) is 5.66 Å². The zero-order valence-corrected chi connectivity index (χ0v) is 14.7. The van der Waals surface area contributed by atoms with Crippen molar-refractivity contribution >= 4 is 23.2 Å². The summed E-state index contributed by atoms with van der Waals surface area (Å²) < 4.78 is 38.9. The van der Waals surface area contributed by atoms with E-state index in [1.54, 1.807) is 18.2 Å². The second kappa shape index (κ2) is 6.71. The molecule has 0 bridgehead atoms. The number of fused-ring (bicyclic) bond motifs is 1. The van der Waals surface area contributed by atoms with E-state index in [0.717, 1.165) is 6.20 Å². The van der Waals surface area contributed by atoms with E-state index in [9.17, 15) is 8.78 Å². The lowest BCUT2D eigenvalue weighted by Gasteiger charge is -2.30. The first-order valence-electron chi connectivity index (χ1n) is 8.09. The number of anilines is 1. The summed E-state index contributed by atoms with van der Waals surface area (Å²) in [6.07, 6.45) is 1.11. The molecule has 2 aromatic carbocycles. The molecule has 4 N–H and O–H groups in total. The predicted octanol–water partition coefficient (Wildman–Crippen LogP) is 3.24. The highest BCUT2D eigenvalue weighted by atomic mass is 35.5. The topological polar surface area (TPSA) is 80.9 Å². The van der Waals surface area contributed by atoms with Crippen LogP contribution in [0.4, 0.5) is 14.5 Å². The van der Waals surface area contributed by atoms with E-state index in [1.165, 1.54) is 18.2 Å². The Morgan fingerprint density at radius 3 is 2.67 bits per heavy atom. The Bertz CT molecular complexity index is 966. The number of nitrogens with two attached hydrogens (primary N) is 1. The SMILES string of the molecule is NC1(c2ccc3c(c2)OCCO3)N=C(Nc2ccc(F)c(Cl)c2)NC=C1F. The summed E-state index contributed by atoms with van der Waals surface area (Å²) in [6.45, 7) is 0.847. The summed E-state index contributed by atoms with van der Waals surface area (Å²) >= 11 is 5.78. The highest BCUT2D eigenvalue weighted by Crippen LogP contribution is 2.38. The minimum Gasteiger partial charge on any atom is -0.486 e. The first-order valence-corrected chi connectivity index (χ1v) is 8.47. The number of nitrogens with zero attached hydrogens (tertiary/aromatic N) is 1. The molecule has 1 atom stereocenters. The fourth-order valence-electron chi connectivity index (χ4n) is 2.76. The van der Waals surface area contributed by atoms with Crippen LogP contribution in [0.15, 0.2) is 53.4 Å². The first-order chi connectivity index (χ1) is 13.0. The quantitative estimate of drug-likeness (QED) is 0.731. The van der Waals surface area contributed by atoms with Crippen LogP contribution >= 0.6 is 11.6 Å². The lowest BCUT2D eigenvalue weighted by atomic mass is 9.98. The molecule has 2 heterocycles. The van der Waals surface area contributed by atoms with Gasteiger partial charge in [0.25, 0.3) is 0 Å². The number of hydrogen-bond acceptors (Lipinski definition) is 6. The van der Waals surface area contributed by atoms with Crippen molar-refractivity contribution in [2.45, 2.75) is 5.66 Å². The number of nitrogens with one attached hydrogen (secondary N) is 2. The summed E-state index contributed by atoms with van der Waals surface area (Å²) in [5.41, 5.74) is 5.36. The molecule has 0 aliphatic carbocycles. The van der Waals surface area contributed by atoms with Gasteiger partial charge in [-0.05, 0) is 30.3 Å². The molecule has 1 unspecified atom stereocenters. The van der Waals surface area contributed by atoms with Crippen molar-refractivity contribution in [1.29, 1.82) is 0 Å². The number of guanidine groups is 1. The molecule has 9 heteroatoms. The van der Waals surface area contributed by atoms with Gasteiger partial charge in [-0.2, -0.15) is 0 Å². The third-order valence-corrected chi connectivity index (χ3v) is 4.44. The molecule has 140 valence electrons. The molecular formula is C18H15ClF2N4O2.